The Morgan fingerprint density at radius 2 is 1.65 bits per heavy atom. The van der Waals surface area contributed by atoms with Gasteiger partial charge < -0.3 is 14.6 Å². The second kappa shape index (κ2) is 6.44. The highest BCUT2D eigenvalue weighted by molar-refractivity contribution is 5.49. The molecule has 20 heavy (non-hydrogen) atoms. The van der Waals surface area contributed by atoms with Gasteiger partial charge in [0.25, 0.3) is 0 Å². The van der Waals surface area contributed by atoms with Crippen LogP contribution in [0.1, 0.15) is 31.1 Å². The summed E-state index contributed by atoms with van der Waals surface area (Å²) in [6.07, 6.45) is 0.236. The minimum absolute atomic E-state index is 0.625. The van der Waals surface area contributed by atoms with Crippen molar-refractivity contribution in [2.45, 2.75) is 26.4 Å². The second-order valence-electron chi connectivity index (χ2n) is 4.61. The van der Waals surface area contributed by atoms with Crippen molar-refractivity contribution in [3.63, 3.8) is 0 Å². The standard InChI is InChI=1S/C17H20O3/c1-4-13-8-5-6-9-14(13)20-16-11-7-10-15(19-3)17(16)12(2)18/h5-12,18H,4H2,1-3H3/t12-/m0/s1. The fourth-order valence-electron chi connectivity index (χ4n) is 2.22. The normalized spacial score (nSPS) is 12.0. The van der Waals surface area contributed by atoms with E-state index in [1.54, 1.807) is 14.0 Å². The fraction of sp³-hybridized carbons (Fsp3) is 0.294. The summed E-state index contributed by atoms with van der Waals surface area (Å²) in [5.41, 5.74) is 1.80. The Morgan fingerprint density at radius 1 is 1.00 bits per heavy atom. The Labute approximate surface area is 119 Å². The van der Waals surface area contributed by atoms with Crippen LogP contribution in [0.4, 0.5) is 0 Å². The number of aliphatic hydroxyl groups excluding tert-OH is 1. The van der Waals surface area contributed by atoms with E-state index in [0.29, 0.717) is 17.1 Å². The van der Waals surface area contributed by atoms with E-state index in [1.165, 1.54) is 0 Å². The largest absolute Gasteiger partial charge is 0.496 e. The van der Waals surface area contributed by atoms with Gasteiger partial charge in [-0.15, -0.1) is 0 Å². The zero-order valence-electron chi connectivity index (χ0n) is 12.1. The van der Waals surface area contributed by atoms with Crippen molar-refractivity contribution in [3.8, 4) is 17.2 Å². The number of hydrogen-bond acceptors (Lipinski definition) is 3. The molecule has 0 unspecified atom stereocenters. The molecular formula is C17H20O3. The molecule has 0 saturated heterocycles. The number of ether oxygens (including phenoxy) is 2. The Kier molecular flexibility index (Phi) is 4.64. The van der Waals surface area contributed by atoms with Crippen LogP contribution < -0.4 is 9.47 Å². The van der Waals surface area contributed by atoms with Gasteiger partial charge in [0.2, 0.25) is 0 Å². The SMILES string of the molecule is CCc1ccccc1Oc1cccc(OC)c1[C@H](C)O. The maximum atomic E-state index is 9.96. The van der Waals surface area contributed by atoms with Gasteiger partial charge in [0.1, 0.15) is 17.2 Å². The number of aliphatic hydroxyl groups is 1. The van der Waals surface area contributed by atoms with E-state index in [-0.39, 0.29) is 0 Å². The van der Waals surface area contributed by atoms with Gasteiger partial charge in [-0.05, 0) is 37.1 Å². The number of rotatable bonds is 5. The fourth-order valence-corrected chi connectivity index (χ4v) is 2.22. The molecule has 0 bridgehead atoms. The molecule has 3 nitrogen and oxygen atoms in total. The van der Waals surface area contributed by atoms with E-state index in [9.17, 15) is 5.11 Å². The first kappa shape index (κ1) is 14.4. The average molecular weight is 272 g/mol. The summed E-state index contributed by atoms with van der Waals surface area (Å²) in [6.45, 7) is 3.79. The van der Waals surface area contributed by atoms with Crippen LogP contribution >= 0.6 is 0 Å². The molecule has 2 rings (SSSR count). The molecule has 0 saturated carbocycles. The first-order chi connectivity index (χ1) is 9.67. The summed E-state index contributed by atoms with van der Waals surface area (Å²) in [5, 5.41) is 9.96. The van der Waals surface area contributed by atoms with Crippen LogP contribution in [0.25, 0.3) is 0 Å². The summed E-state index contributed by atoms with van der Waals surface area (Å²) >= 11 is 0. The molecular weight excluding hydrogens is 252 g/mol. The number of aryl methyl sites for hydroxylation is 1. The van der Waals surface area contributed by atoms with E-state index in [4.69, 9.17) is 9.47 Å². The van der Waals surface area contributed by atoms with Crippen molar-refractivity contribution in [3.05, 3.63) is 53.6 Å². The first-order valence-electron chi connectivity index (χ1n) is 6.78. The average Bonchev–Trinajstić information content (AvgIpc) is 2.47. The number of methoxy groups -OCH3 is 1. The van der Waals surface area contributed by atoms with Gasteiger partial charge in [-0.2, -0.15) is 0 Å². The van der Waals surface area contributed by atoms with E-state index in [2.05, 4.69) is 6.92 Å². The Morgan fingerprint density at radius 3 is 2.30 bits per heavy atom. The summed E-state index contributed by atoms with van der Waals surface area (Å²) < 4.78 is 11.3. The van der Waals surface area contributed by atoms with Crippen LogP contribution in [-0.4, -0.2) is 12.2 Å². The number of para-hydroxylation sites is 1. The van der Waals surface area contributed by atoms with Crippen molar-refractivity contribution >= 4 is 0 Å². The monoisotopic (exact) mass is 272 g/mol. The Bertz CT molecular complexity index is 576. The second-order valence-corrected chi connectivity index (χ2v) is 4.61. The molecule has 0 aliphatic rings. The minimum atomic E-state index is -0.657. The van der Waals surface area contributed by atoms with Crippen molar-refractivity contribution < 1.29 is 14.6 Å². The van der Waals surface area contributed by atoms with Crippen LogP contribution in [0.15, 0.2) is 42.5 Å². The van der Waals surface area contributed by atoms with E-state index >= 15 is 0 Å². The lowest BCUT2D eigenvalue weighted by Gasteiger charge is -2.17. The zero-order valence-corrected chi connectivity index (χ0v) is 12.1. The summed E-state index contributed by atoms with van der Waals surface area (Å²) in [4.78, 5) is 0. The predicted molar refractivity (Wildman–Crippen MR) is 79.5 cm³/mol. The van der Waals surface area contributed by atoms with E-state index in [0.717, 1.165) is 17.7 Å². The molecule has 2 aromatic carbocycles. The van der Waals surface area contributed by atoms with Crippen LogP contribution in [-0.2, 0) is 6.42 Å². The van der Waals surface area contributed by atoms with Gasteiger partial charge >= 0.3 is 0 Å². The third-order valence-electron chi connectivity index (χ3n) is 3.24. The lowest BCUT2D eigenvalue weighted by molar-refractivity contribution is 0.190. The number of benzene rings is 2. The van der Waals surface area contributed by atoms with Crippen LogP contribution in [0.3, 0.4) is 0 Å². The lowest BCUT2D eigenvalue weighted by Crippen LogP contribution is -2.00. The van der Waals surface area contributed by atoms with Gasteiger partial charge in [0.15, 0.2) is 0 Å². The van der Waals surface area contributed by atoms with Gasteiger partial charge in [0.05, 0.1) is 18.8 Å². The molecule has 0 aliphatic heterocycles. The molecule has 1 N–H and O–H groups in total. The lowest BCUT2D eigenvalue weighted by atomic mass is 10.1. The smallest absolute Gasteiger partial charge is 0.136 e. The highest BCUT2D eigenvalue weighted by atomic mass is 16.5. The molecule has 0 aromatic heterocycles. The molecule has 0 fully saturated rings. The third-order valence-corrected chi connectivity index (χ3v) is 3.24. The number of hydrogen-bond donors (Lipinski definition) is 1. The quantitative estimate of drug-likeness (QED) is 0.890. The zero-order chi connectivity index (χ0) is 14.5. The Hall–Kier alpha value is -2.00. The van der Waals surface area contributed by atoms with Gasteiger partial charge in [-0.3, -0.25) is 0 Å². The maximum Gasteiger partial charge on any atom is 0.136 e. The van der Waals surface area contributed by atoms with Crippen LogP contribution in [0.5, 0.6) is 17.2 Å². The molecule has 106 valence electrons. The van der Waals surface area contributed by atoms with Gasteiger partial charge in [-0.1, -0.05) is 31.2 Å². The van der Waals surface area contributed by atoms with E-state index < -0.39 is 6.10 Å². The molecule has 0 heterocycles. The summed E-state index contributed by atoms with van der Waals surface area (Å²) in [5.74, 6) is 2.07. The summed E-state index contributed by atoms with van der Waals surface area (Å²) in [7, 11) is 1.59. The van der Waals surface area contributed by atoms with Crippen LogP contribution in [0.2, 0.25) is 0 Å². The van der Waals surface area contributed by atoms with Crippen molar-refractivity contribution in [2.75, 3.05) is 7.11 Å². The van der Waals surface area contributed by atoms with Gasteiger partial charge in [0, 0.05) is 0 Å². The van der Waals surface area contributed by atoms with Gasteiger partial charge in [-0.25, -0.2) is 0 Å². The molecule has 3 heteroatoms. The predicted octanol–water partition coefficient (Wildman–Crippen LogP) is 4.10. The maximum absolute atomic E-state index is 9.96. The molecule has 2 aromatic rings. The Balaban J connectivity index is 2.43. The molecule has 1 atom stereocenters. The van der Waals surface area contributed by atoms with Crippen LogP contribution in [0, 0.1) is 0 Å². The molecule has 0 amide bonds. The third kappa shape index (κ3) is 2.94. The highest BCUT2D eigenvalue weighted by Crippen LogP contribution is 2.37. The van der Waals surface area contributed by atoms with Crippen molar-refractivity contribution in [1.82, 2.24) is 0 Å². The molecule has 0 radical (unpaired) electrons. The van der Waals surface area contributed by atoms with Crippen molar-refractivity contribution in [2.24, 2.45) is 0 Å². The summed E-state index contributed by atoms with van der Waals surface area (Å²) in [6, 6.07) is 13.4. The van der Waals surface area contributed by atoms with Crippen molar-refractivity contribution in [1.29, 1.82) is 0 Å². The first-order valence-corrected chi connectivity index (χ1v) is 6.78. The molecule has 0 spiro atoms. The topological polar surface area (TPSA) is 38.7 Å². The minimum Gasteiger partial charge on any atom is -0.496 e. The highest BCUT2D eigenvalue weighted by Gasteiger charge is 2.16. The molecule has 0 aliphatic carbocycles. The van der Waals surface area contributed by atoms with E-state index in [1.807, 2.05) is 42.5 Å².